The van der Waals surface area contributed by atoms with E-state index in [-0.39, 0.29) is 18.1 Å². The molecular formula is C19H26N2O2. The Balaban J connectivity index is 1.46. The molecule has 2 aliphatic heterocycles. The number of amides is 1. The standard InChI is InChI=1S/C19H26N2O2/c1-14-13-23-17(15-5-3-2-4-6-15)12-21(14)18(22)16-11-19(16)7-9-20-10-8-19/h2-6,14,16-17,20H,7-13H2,1H3. The molecule has 0 aromatic heterocycles. The first kappa shape index (κ1) is 15.2. The molecule has 1 N–H and O–H groups in total. The van der Waals surface area contributed by atoms with Crippen LogP contribution in [-0.2, 0) is 9.53 Å². The fraction of sp³-hybridized carbons (Fsp3) is 0.632. The van der Waals surface area contributed by atoms with Gasteiger partial charge in [0.2, 0.25) is 5.91 Å². The molecule has 1 aliphatic carbocycles. The molecule has 124 valence electrons. The van der Waals surface area contributed by atoms with Gasteiger partial charge in [-0.05, 0) is 50.3 Å². The van der Waals surface area contributed by atoms with Crippen LogP contribution >= 0.6 is 0 Å². The van der Waals surface area contributed by atoms with Crippen LogP contribution in [0, 0.1) is 11.3 Å². The summed E-state index contributed by atoms with van der Waals surface area (Å²) in [5.74, 6) is 0.616. The second kappa shape index (κ2) is 5.91. The molecule has 23 heavy (non-hydrogen) atoms. The van der Waals surface area contributed by atoms with Crippen molar-refractivity contribution in [2.75, 3.05) is 26.2 Å². The predicted octanol–water partition coefficient (Wildman–Crippen LogP) is 2.36. The number of nitrogens with zero attached hydrogens (tertiary/aromatic N) is 1. The van der Waals surface area contributed by atoms with Gasteiger partial charge in [-0.25, -0.2) is 0 Å². The van der Waals surface area contributed by atoms with E-state index in [1.807, 2.05) is 18.2 Å². The highest BCUT2D eigenvalue weighted by Gasteiger charge is 2.59. The summed E-state index contributed by atoms with van der Waals surface area (Å²) in [6.45, 7) is 5.56. The molecule has 1 amide bonds. The Morgan fingerprint density at radius 1 is 1.26 bits per heavy atom. The van der Waals surface area contributed by atoms with Gasteiger partial charge in [0.1, 0.15) is 6.10 Å². The SMILES string of the molecule is CC1COC(c2ccccc2)CN1C(=O)C1CC12CCNCC2. The van der Waals surface area contributed by atoms with Crippen molar-refractivity contribution in [1.29, 1.82) is 0 Å². The van der Waals surface area contributed by atoms with Gasteiger partial charge in [-0.2, -0.15) is 0 Å². The second-order valence-electron chi connectivity index (χ2n) is 7.44. The van der Waals surface area contributed by atoms with E-state index < -0.39 is 0 Å². The molecule has 3 fully saturated rings. The lowest BCUT2D eigenvalue weighted by Gasteiger charge is -2.39. The third-order valence-electron chi connectivity index (χ3n) is 5.97. The van der Waals surface area contributed by atoms with Crippen molar-refractivity contribution in [2.45, 2.75) is 38.3 Å². The Morgan fingerprint density at radius 2 is 2.00 bits per heavy atom. The summed E-state index contributed by atoms with van der Waals surface area (Å²) < 4.78 is 5.99. The summed E-state index contributed by atoms with van der Waals surface area (Å²) >= 11 is 0. The van der Waals surface area contributed by atoms with Crippen molar-refractivity contribution < 1.29 is 9.53 Å². The lowest BCUT2D eigenvalue weighted by Crippen LogP contribution is -2.49. The van der Waals surface area contributed by atoms with Crippen molar-refractivity contribution in [3.8, 4) is 0 Å². The largest absolute Gasteiger partial charge is 0.370 e. The number of rotatable bonds is 2. The number of piperidine rings is 1. The van der Waals surface area contributed by atoms with E-state index >= 15 is 0 Å². The van der Waals surface area contributed by atoms with Gasteiger partial charge in [-0.15, -0.1) is 0 Å². The van der Waals surface area contributed by atoms with Crippen LogP contribution < -0.4 is 5.32 Å². The molecule has 1 spiro atoms. The number of ether oxygens (including phenoxy) is 1. The Labute approximate surface area is 138 Å². The van der Waals surface area contributed by atoms with Crippen LogP contribution in [0.4, 0.5) is 0 Å². The highest BCUT2D eigenvalue weighted by atomic mass is 16.5. The fourth-order valence-corrected chi connectivity index (χ4v) is 4.31. The van der Waals surface area contributed by atoms with Crippen molar-refractivity contribution in [1.82, 2.24) is 10.2 Å². The van der Waals surface area contributed by atoms with Gasteiger partial charge in [0.05, 0.1) is 19.2 Å². The van der Waals surface area contributed by atoms with Crippen LogP contribution in [-0.4, -0.2) is 43.1 Å². The normalized spacial score (nSPS) is 32.7. The molecule has 0 radical (unpaired) electrons. The Morgan fingerprint density at radius 3 is 2.74 bits per heavy atom. The zero-order valence-electron chi connectivity index (χ0n) is 13.8. The predicted molar refractivity (Wildman–Crippen MR) is 89.0 cm³/mol. The number of hydrogen-bond acceptors (Lipinski definition) is 3. The Bertz CT molecular complexity index is 568. The molecule has 4 rings (SSSR count). The molecule has 0 bridgehead atoms. The van der Waals surface area contributed by atoms with Gasteiger partial charge in [0.15, 0.2) is 0 Å². The minimum absolute atomic E-state index is 0.0130. The summed E-state index contributed by atoms with van der Waals surface area (Å²) in [6, 6.07) is 10.5. The average molecular weight is 314 g/mol. The summed E-state index contributed by atoms with van der Waals surface area (Å²) in [6.07, 6.45) is 3.42. The lowest BCUT2D eigenvalue weighted by atomic mass is 9.91. The smallest absolute Gasteiger partial charge is 0.226 e. The highest BCUT2D eigenvalue weighted by molar-refractivity contribution is 5.83. The molecule has 2 heterocycles. The van der Waals surface area contributed by atoms with Crippen molar-refractivity contribution in [3.05, 3.63) is 35.9 Å². The van der Waals surface area contributed by atoms with Crippen LogP contribution in [0.25, 0.3) is 0 Å². The first-order valence-corrected chi connectivity index (χ1v) is 8.87. The molecule has 1 aromatic rings. The topological polar surface area (TPSA) is 41.6 Å². The van der Waals surface area contributed by atoms with Crippen LogP contribution in [0.2, 0.25) is 0 Å². The zero-order chi connectivity index (χ0) is 15.9. The van der Waals surface area contributed by atoms with E-state index in [1.165, 1.54) is 5.56 Å². The quantitative estimate of drug-likeness (QED) is 0.911. The van der Waals surface area contributed by atoms with Crippen molar-refractivity contribution >= 4 is 5.91 Å². The number of carbonyl (C=O) groups is 1. The molecule has 3 unspecified atom stereocenters. The van der Waals surface area contributed by atoms with E-state index in [2.05, 4.69) is 29.3 Å². The summed E-state index contributed by atoms with van der Waals surface area (Å²) in [5, 5.41) is 3.41. The third-order valence-corrected chi connectivity index (χ3v) is 5.97. The van der Waals surface area contributed by atoms with Crippen molar-refractivity contribution in [3.63, 3.8) is 0 Å². The molecule has 1 saturated carbocycles. The van der Waals surface area contributed by atoms with E-state index in [4.69, 9.17) is 4.74 Å². The van der Waals surface area contributed by atoms with Crippen LogP contribution in [0.5, 0.6) is 0 Å². The third kappa shape index (κ3) is 2.79. The minimum atomic E-state index is 0.0130. The molecule has 1 aromatic carbocycles. The van der Waals surface area contributed by atoms with Gasteiger partial charge in [-0.3, -0.25) is 4.79 Å². The molecule has 4 heteroatoms. The molecule has 2 saturated heterocycles. The number of nitrogens with one attached hydrogen (secondary N) is 1. The van der Waals surface area contributed by atoms with E-state index in [9.17, 15) is 4.79 Å². The fourth-order valence-electron chi connectivity index (χ4n) is 4.31. The van der Waals surface area contributed by atoms with E-state index in [1.54, 1.807) is 0 Å². The van der Waals surface area contributed by atoms with Gasteiger partial charge in [-0.1, -0.05) is 30.3 Å². The van der Waals surface area contributed by atoms with E-state index in [0.29, 0.717) is 24.5 Å². The average Bonchev–Trinajstić information content (AvgIpc) is 3.29. The number of hydrogen-bond donors (Lipinski definition) is 1. The zero-order valence-corrected chi connectivity index (χ0v) is 13.8. The summed E-state index contributed by atoms with van der Waals surface area (Å²) in [7, 11) is 0. The monoisotopic (exact) mass is 314 g/mol. The van der Waals surface area contributed by atoms with Crippen LogP contribution in [0.1, 0.15) is 37.9 Å². The maximum absolute atomic E-state index is 13.1. The van der Waals surface area contributed by atoms with Crippen LogP contribution in [0.3, 0.4) is 0 Å². The Kier molecular flexibility index (Phi) is 3.90. The number of carbonyl (C=O) groups excluding carboxylic acids is 1. The van der Waals surface area contributed by atoms with Gasteiger partial charge >= 0.3 is 0 Å². The maximum atomic E-state index is 13.1. The molecular weight excluding hydrogens is 288 g/mol. The van der Waals surface area contributed by atoms with Crippen molar-refractivity contribution in [2.24, 2.45) is 11.3 Å². The first-order valence-electron chi connectivity index (χ1n) is 8.87. The van der Waals surface area contributed by atoms with Gasteiger partial charge in [0, 0.05) is 5.92 Å². The Hall–Kier alpha value is -1.39. The number of benzene rings is 1. The van der Waals surface area contributed by atoms with Gasteiger partial charge < -0.3 is 15.0 Å². The van der Waals surface area contributed by atoms with E-state index in [0.717, 1.165) is 32.4 Å². The molecule has 3 atom stereocenters. The summed E-state index contributed by atoms with van der Waals surface area (Å²) in [4.78, 5) is 15.2. The first-order chi connectivity index (χ1) is 11.2. The maximum Gasteiger partial charge on any atom is 0.226 e. The second-order valence-corrected chi connectivity index (χ2v) is 7.44. The number of morpholine rings is 1. The van der Waals surface area contributed by atoms with Crippen LogP contribution in [0.15, 0.2) is 30.3 Å². The minimum Gasteiger partial charge on any atom is -0.370 e. The summed E-state index contributed by atoms with van der Waals surface area (Å²) in [5.41, 5.74) is 1.48. The molecule has 3 aliphatic rings. The highest BCUT2D eigenvalue weighted by Crippen LogP contribution is 2.59. The molecule has 4 nitrogen and oxygen atoms in total. The lowest BCUT2D eigenvalue weighted by molar-refractivity contribution is -0.147. The van der Waals surface area contributed by atoms with Gasteiger partial charge in [0.25, 0.3) is 0 Å².